The molecule has 0 fully saturated rings. The molecule has 0 aromatic heterocycles. The van der Waals surface area contributed by atoms with Crippen LogP contribution in [0.3, 0.4) is 0 Å². The van der Waals surface area contributed by atoms with Crippen molar-refractivity contribution in [2.24, 2.45) is 5.73 Å². The van der Waals surface area contributed by atoms with Crippen LogP contribution in [0.5, 0.6) is 0 Å². The number of aliphatic carboxylic acids is 1. The van der Waals surface area contributed by atoms with E-state index in [1.54, 1.807) is 18.2 Å². The van der Waals surface area contributed by atoms with Crippen molar-refractivity contribution < 1.29 is 15.1 Å². The molecular weight excluding hydrogens is 279 g/mol. The van der Waals surface area contributed by atoms with Gasteiger partial charge in [-0.2, -0.15) is 0 Å². The minimum Gasteiger partial charge on any atom is -0.481 e. The zero-order valence-corrected chi connectivity index (χ0v) is 11.0. The lowest BCUT2D eigenvalue weighted by molar-refractivity contribution is -0.137. The van der Waals surface area contributed by atoms with Crippen LogP contribution < -0.4 is 10.8 Å². The van der Waals surface area contributed by atoms with Gasteiger partial charge >= 0.3 is 5.97 Å². The molecule has 100 valence electrons. The summed E-state index contributed by atoms with van der Waals surface area (Å²) in [6, 6.07) is 4.15. The first-order valence-electron chi connectivity index (χ1n) is 5.28. The minimum absolute atomic E-state index is 0.135. The van der Waals surface area contributed by atoms with Crippen LogP contribution in [0.1, 0.15) is 12.8 Å². The van der Waals surface area contributed by atoms with Crippen LogP contribution in [0.4, 0.5) is 5.69 Å². The number of halogens is 2. The molecule has 1 aromatic rings. The molecule has 4 N–H and O–H groups in total. The fraction of sp³-hybridized carbons (Fsp3) is 0.364. The van der Waals surface area contributed by atoms with Gasteiger partial charge in [-0.25, -0.2) is 0 Å². The summed E-state index contributed by atoms with van der Waals surface area (Å²) in [7, 11) is 0. The van der Waals surface area contributed by atoms with Crippen LogP contribution in [-0.4, -0.2) is 28.9 Å². The molecule has 1 aromatic carbocycles. The summed E-state index contributed by atoms with van der Waals surface area (Å²) in [5, 5.41) is 20.1. The number of carboxylic acid groups (broad SMARTS) is 1. The van der Waals surface area contributed by atoms with Crippen molar-refractivity contribution in [3.8, 4) is 0 Å². The Hall–Kier alpha value is -1.01. The molecule has 0 heterocycles. The Morgan fingerprint density at radius 2 is 1.89 bits per heavy atom. The van der Waals surface area contributed by atoms with Gasteiger partial charge in [0.05, 0.1) is 12.1 Å². The molecular formula is C11H14Cl2N2O3. The fourth-order valence-corrected chi connectivity index (χ4v) is 1.95. The summed E-state index contributed by atoms with van der Waals surface area (Å²) in [5.41, 5.74) is 6.03. The number of rotatable bonds is 6. The second-order valence-corrected chi connectivity index (χ2v) is 4.77. The number of hydroxylamine groups is 1. The van der Waals surface area contributed by atoms with Gasteiger partial charge in [-0.3, -0.25) is 15.1 Å². The summed E-state index contributed by atoms with van der Waals surface area (Å²) >= 11 is 11.6. The third kappa shape index (κ3) is 5.10. The Morgan fingerprint density at radius 3 is 2.39 bits per heavy atom. The normalized spacial score (nSPS) is 12.2. The molecule has 0 aliphatic heterocycles. The lowest BCUT2D eigenvalue weighted by Crippen LogP contribution is -2.30. The van der Waals surface area contributed by atoms with E-state index < -0.39 is 12.0 Å². The predicted octanol–water partition coefficient (Wildman–Crippen LogP) is 2.38. The number of nitrogens with two attached hydrogens (primary N) is 1. The van der Waals surface area contributed by atoms with Gasteiger partial charge in [0.15, 0.2) is 0 Å². The van der Waals surface area contributed by atoms with Crippen LogP contribution in [-0.2, 0) is 4.79 Å². The van der Waals surface area contributed by atoms with Gasteiger partial charge in [-0.05, 0) is 24.6 Å². The van der Waals surface area contributed by atoms with Crippen LogP contribution in [0.15, 0.2) is 18.2 Å². The largest absolute Gasteiger partial charge is 0.481 e. The highest BCUT2D eigenvalue weighted by Crippen LogP contribution is 2.24. The minimum atomic E-state index is -0.960. The number of carboxylic acids is 1. The zero-order chi connectivity index (χ0) is 13.7. The van der Waals surface area contributed by atoms with Crippen molar-refractivity contribution in [1.29, 1.82) is 0 Å². The number of nitrogens with zero attached hydrogens (tertiary/aromatic N) is 1. The molecule has 7 heteroatoms. The molecule has 1 rings (SSSR count). The Morgan fingerprint density at radius 1 is 1.33 bits per heavy atom. The number of carbonyl (C=O) groups is 1. The summed E-state index contributed by atoms with van der Waals surface area (Å²) in [5.74, 6) is -0.960. The maximum absolute atomic E-state index is 10.4. The number of benzene rings is 1. The highest BCUT2D eigenvalue weighted by Gasteiger charge is 2.11. The molecule has 0 saturated heterocycles. The van der Waals surface area contributed by atoms with Gasteiger partial charge in [-0.1, -0.05) is 23.2 Å². The fourth-order valence-electron chi connectivity index (χ4n) is 1.43. The maximum atomic E-state index is 10.4. The van der Waals surface area contributed by atoms with Crippen LogP contribution in [0.2, 0.25) is 10.0 Å². The highest BCUT2D eigenvalue weighted by molar-refractivity contribution is 6.35. The lowest BCUT2D eigenvalue weighted by atomic mass is 10.1. The van der Waals surface area contributed by atoms with Crippen molar-refractivity contribution in [3.05, 3.63) is 28.2 Å². The molecule has 1 atom stereocenters. The first kappa shape index (κ1) is 15.0. The second kappa shape index (κ2) is 6.80. The number of hydrogen-bond acceptors (Lipinski definition) is 4. The Labute approximate surface area is 115 Å². The maximum Gasteiger partial charge on any atom is 0.304 e. The van der Waals surface area contributed by atoms with E-state index in [0.29, 0.717) is 22.2 Å². The third-order valence-electron chi connectivity index (χ3n) is 2.29. The van der Waals surface area contributed by atoms with E-state index in [4.69, 9.17) is 34.0 Å². The quantitative estimate of drug-likeness (QED) is 0.701. The summed E-state index contributed by atoms with van der Waals surface area (Å²) in [4.78, 5) is 10.4. The summed E-state index contributed by atoms with van der Waals surface area (Å²) < 4.78 is 0. The van der Waals surface area contributed by atoms with Gasteiger partial charge in [0.25, 0.3) is 0 Å². The molecule has 5 nitrogen and oxygen atoms in total. The van der Waals surface area contributed by atoms with E-state index >= 15 is 0 Å². The third-order valence-corrected chi connectivity index (χ3v) is 2.73. The van der Waals surface area contributed by atoms with E-state index in [1.165, 1.54) is 0 Å². The first-order valence-corrected chi connectivity index (χ1v) is 6.04. The van der Waals surface area contributed by atoms with E-state index in [1.807, 2.05) is 0 Å². The first-order chi connectivity index (χ1) is 8.38. The van der Waals surface area contributed by atoms with Crippen LogP contribution >= 0.6 is 23.2 Å². The topological polar surface area (TPSA) is 86.8 Å². The molecule has 0 aliphatic rings. The van der Waals surface area contributed by atoms with Crippen molar-refractivity contribution >= 4 is 34.9 Å². The van der Waals surface area contributed by atoms with Crippen molar-refractivity contribution in [1.82, 2.24) is 0 Å². The molecule has 0 bridgehead atoms. The average Bonchev–Trinajstić information content (AvgIpc) is 2.23. The van der Waals surface area contributed by atoms with Crippen molar-refractivity contribution in [2.75, 3.05) is 11.6 Å². The monoisotopic (exact) mass is 292 g/mol. The van der Waals surface area contributed by atoms with E-state index in [0.717, 1.165) is 5.06 Å². The number of hydrogen-bond donors (Lipinski definition) is 3. The van der Waals surface area contributed by atoms with Gasteiger partial charge in [0, 0.05) is 22.6 Å². The zero-order valence-electron chi connectivity index (χ0n) is 9.51. The Bertz CT molecular complexity index is 408. The molecule has 1 unspecified atom stereocenters. The van der Waals surface area contributed by atoms with Gasteiger partial charge in [-0.15, -0.1) is 0 Å². The summed E-state index contributed by atoms with van der Waals surface area (Å²) in [6.07, 6.45) is 0.205. The molecule has 0 saturated carbocycles. The molecule has 0 aliphatic carbocycles. The summed E-state index contributed by atoms with van der Waals surface area (Å²) in [6.45, 7) is 0.200. The smallest absolute Gasteiger partial charge is 0.304 e. The lowest BCUT2D eigenvalue weighted by Gasteiger charge is -2.19. The Kier molecular flexibility index (Phi) is 5.68. The molecule has 0 spiro atoms. The number of anilines is 1. The predicted molar refractivity (Wildman–Crippen MR) is 70.4 cm³/mol. The average molecular weight is 293 g/mol. The highest BCUT2D eigenvalue weighted by atomic mass is 35.5. The molecule has 0 radical (unpaired) electrons. The van der Waals surface area contributed by atoms with E-state index in [9.17, 15) is 10.0 Å². The van der Waals surface area contributed by atoms with Gasteiger partial charge < -0.3 is 10.8 Å². The standard InChI is InChI=1S/C11H14Cl2N2O3/c12-7-3-8(13)5-10(4-7)15(18)2-1-9(14)6-11(16)17/h3-5,9,18H,1-2,6,14H2,(H,16,17). The van der Waals surface area contributed by atoms with Crippen LogP contribution in [0, 0.1) is 0 Å². The van der Waals surface area contributed by atoms with E-state index in [2.05, 4.69) is 0 Å². The van der Waals surface area contributed by atoms with Crippen LogP contribution in [0.25, 0.3) is 0 Å². The molecule has 18 heavy (non-hydrogen) atoms. The van der Waals surface area contributed by atoms with E-state index in [-0.39, 0.29) is 13.0 Å². The van der Waals surface area contributed by atoms with Crippen molar-refractivity contribution in [3.63, 3.8) is 0 Å². The van der Waals surface area contributed by atoms with Crippen molar-refractivity contribution in [2.45, 2.75) is 18.9 Å². The SMILES string of the molecule is NC(CCN(O)c1cc(Cl)cc(Cl)c1)CC(=O)O. The molecule has 0 amide bonds. The van der Waals surface area contributed by atoms with Gasteiger partial charge in [0.2, 0.25) is 0 Å². The second-order valence-electron chi connectivity index (χ2n) is 3.90. The Balaban J connectivity index is 2.54. The van der Waals surface area contributed by atoms with Gasteiger partial charge in [0.1, 0.15) is 0 Å².